The number of aromatic nitrogens is 2. The van der Waals surface area contributed by atoms with E-state index in [9.17, 15) is 0 Å². The van der Waals surface area contributed by atoms with Gasteiger partial charge in [0.1, 0.15) is 22.9 Å². The Morgan fingerprint density at radius 3 is 2.84 bits per heavy atom. The average molecular weight is 374 g/mol. The first-order valence-corrected chi connectivity index (χ1v) is 9.89. The van der Waals surface area contributed by atoms with Crippen LogP contribution >= 0.6 is 23.3 Å². The Balaban J connectivity index is 1.36. The minimum atomic E-state index is 0.203. The molecule has 7 heteroatoms. The van der Waals surface area contributed by atoms with E-state index in [1.165, 1.54) is 0 Å². The van der Waals surface area contributed by atoms with Gasteiger partial charge >= 0.3 is 0 Å². The van der Waals surface area contributed by atoms with Gasteiger partial charge in [0.25, 0.3) is 0 Å². The minimum Gasteiger partial charge on any atom is -0.496 e. The van der Waals surface area contributed by atoms with Crippen LogP contribution in [0.4, 0.5) is 0 Å². The first-order valence-electron chi connectivity index (χ1n) is 8.24. The predicted molar refractivity (Wildman–Crippen MR) is 101 cm³/mol. The molecule has 25 heavy (non-hydrogen) atoms. The van der Waals surface area contributed by atoms with Gasteiger partial charge in [-0.05, 0) is 48.4 Å². The number of ether oxygens (including phenoxy) is 2. The van der Waals surface area contributed by atoms with Gasteiger partial charge in [-0.2, -0.15) is 0 Å². The molecule has 4 rings (SSSR count). The molecule has 0 saturated carbocycles. The first-order chi connectivity index (χ1) is 12.3. The summed E-state index contributed by atoms with van der Waals surface area (Å²) in [6.45, 7) is 1.96. The molecule has 2 aromatic heterocycles. The molecule has 1 saturated heterocycles. The molecule has 0 amide bonds. The number of piperidine rings is 1. The van der Waals surface area contributed by atoms with Crippen LogP contribution in [0.5, 0.6) is 11.6 Å². The molecule has 3 aromatic rings. The van der Waals surface area contributed by atoms with Gasteiger partial charge < -0.3 is 9.47 Å². The average Bonchev–Trinajstić information content (AvgIpc) is 3.14. The fourth-order valence-electron chi connectivity index (χ4n) is 2.88. The summed E-state index contributed by atoms with van der Waals surface area (Å²) < 4.78 is 15.0. The molecule has 5 nitrogen and oxygen atoms in total. The van der Waals surface area contributed by atoms with Crippen molar-refractivity contribution in [1.29, 1.82) is 0 Å². The van der Waals surface area contributed by atoms with Crippen LogP contribution in [0.15, 0.2) is 46.9 Å². The van der Waals surface area contributed by atoms with Crippen LogP contribution in [0.25, 0.3) is 10.2 Å². The van der Waals surface area contributed by atoms with Crippen LogP contribution in [0.1, 0.15) is 12.8 Å². The fourth-order valence-corrected chi connectivity index (χ4v) is 4.71. The monoisotopic (exact) mass is 373 g/mol. The highest BCUT2D eigenvalue weighted by atomic mass is 32.2. The zero-order valence-corrected chi connectivity index (χ0v) is 15.6. The van der Waals surface area contributed by atoms with E-state index in [4.69, 9.17) is 9.47 Å². The lowest BCUT2D eigenvalue weighted by molar-refractivity contribution is 0.135. The Morgan fingerprint density at radius 2 is 2.00 bits per heavy atom. The number of nitrogens with zero attached hydrogens (tertiary/aromatic N) is 3. The smallest absolute Gasteiger partial charge is 0.235 e. The van der Waals surface area contributed by atoms with Crippen molar-refractivity contribution in [2.45, 2.75) is 23.8 Å². The summed E-state index contributed by atoms with van der Waals surface area (Å²) in [7, 11) is 1.71. The van der Waals surface area contributed by atoms with E-state index in [1.54, 1.807) is 36.7 Å². The predicted octanol–water partition coefficient (Wildman–Crippen LogP) is 4.25. The lowest BCUT2D eigenvalue weighted by atomic mass is 10.1. The zero-order valence-electron chi connectivity index (χ0n) is 13.9. The third kappa shape index (κ3) is 3.73. The summed E-state index contributed by atoms with van der Waals surface area (Å²) in [5.41, 5.74) is 0.958. The van der Waals surface area contributed by atoms with Gasteiger partial charge in [0.05, 0.1) is 17.5 Å². The Bertz CT molecular complexity index is 847. The van der Waals surface area contributed by atoms with Crippen LogP contribution in [0.3, 0.4) is 0 Å². The molecule has 0 N–H and O–H groups in total. The summed E-state index contributed by atoms with van der Waals surface area (Å²) in [5.74, 6) is 1.64. The molecule has 0 radical (unpaired) electrons. The van der Waals surface area contributed by atoms with E-state index in [0.717, 1.165) is 52.7 Å². The number of hydrogen-bond acceptors (Lipinski definition) is 7. The van der Waals surface area contributed by atoms with Crippen molar-refractivity contribution in [2.24, 2.45) is 0 Å². The molecule has 130 valence electrons. The number of benzene rings is 1. The highest BCUT2D eigenvalue weighted by Gasteiger charge is 2.23. The van der Waals surface area contributed by atoms with E-state index in [1.807, 2.05) is 29.6 Å². The van der Waals surface area contributed by atoms with Gasteiger partial charge in [-0.15, -0.1) is 11.3 Å². The summed E-state index contributed by atoms with van der Waals surface area (Å²) in [6, 6.07) is 10.1. The van der Waals surface area contributed by atoms with Crippen LogP contribution in [-0.2, 0) is 0 Å². The maximum absolute atomic E-state index is 6.17. The highest BCUT2D eigenvalue weighted by Crippen LogP contribution is 2.34. The topological polar surface area (TPSA) is 47.5 Å². The fraction of sp³-hybridized carbons (Fsp3) is 0.333. The van der Waals surface area contributed by atoms with E-state index in [-0.39, 0.29) is 6.10 Å². The van der Waals surface area contributed by atoms with Crippen molar-refractivity contribution in [1.82, 2.24) is 14.3 Å². The molecule has 1 aromatic carbocycles. The second-order valence-electron chi connectivity index (χ2n) is 5.80. The maximum atomic E-state index is 6.17. The lowest BCUT2D eigenvalue weighted by Gasteiger charge is -2.31. The molecule has 0 unspecified atom stereocenters. The number of thiophene rings is 1. The molecule has 3 heterocycles. The molecule has 0 bridgehead atoms. The molecule has 1 aliphatic heterocycles. The molecule has 1 fully saturated rings. The van der Waals surface area contributed by atoms with Gasteiger partial charge in [0.2, 0.25) is 5.88 Å². The third-order valence-electron chi connectivity index (χ3n) is 4.19. The standard InChI is InChI=1S/C18H19N3O2S2/c1-22-15-4-2-3-5-16(15)25-21-9-6-13(7-10-21)23-18-17-14(8-11-24-17)19-12-20-18/h2-5,8,11-13H,6-7,9-10H2,1H3. The zero-order chi connectivity index (χ0) is 17.1. The van der Waals surface area contributed by atoms with Gasteiger partial charge in [-0.25, -0.2) is 14.3 Å². The van der Waals surface area contributed by atoms with Crippen molar-refractivity contribution >= 4 is 33.5 Å². The van der Waals surface area contributed by atoms with Crippen LogP contribution < -0.4 is 9.47 Å². The molecule has 0 atom stereocenters. The van der Waals surface area contributed by atoms with Crippen molar-refractivity contribution in [2.75, 3.05) is 20.2 Å². The van der Waals surface area contributed by atoms with E-state index in [0.29, 0.717) is 0 Å². The van der Waals surface area contributed by atoms with Crippen molar-refractivity contribution in [3.8, 4) is 11.6 Å². The van der Waals surface area contributed by atoms with Crippen LogP contribution in [-0.4, -0.2) is 40.6 Å². The van der Waals surface area contributed by atoms with Crippen LogP contribution in [0, 0.1) is 0 Å². The van der Waals surface area contributed by atoms with Crippen LogP contribution in [0.2, 0.25) is 0 Å². The quantitative estimate of drug-likeness (QED) is 0.623. The normalized spacial score (nSPS) is 16.2. The molecular weight excluding hydrogens is 354 g/mol. The SMILES string of the molecule is COc1ccccc1SN1CCC(Oc2ncnc3ccsc23)CC1. The number of fused-ring (bicyclic) bond motifs is 1. The number of methoxy groups -OCH3 is 1. The van der Waals surface area contributed by atoms with Gasteiger partial charge in [-0.3, -0.25) is 0 Å². The van der Waals surface area contributed by atoms with Crippen molar-refractivity contribution in [3.63, 3.8) is 0 Å². The first kappa shape index (κ1) is 16.6. The van der Waals surface area contributed by atoms with E-state index < -0.39 is 0 Å². The largest absolute Gasteiger partial charge is 0.496 e. The summed E-state index contributed by atoms with van der Waals surface area (Å²) in [6.07, 6.45) is 3.75. The number of para-hydroxylation sites is 1. The Hall–Kier alpha value is -1.83. The van der Waals surface area contributed by atoms with Crippen molar-refractivity contribution < 1.29 is 9.47 Å². The van der Waals surface area contributed by atoms with Gasteiger partial charge in [0.15, 0.2) is 0 Å². The molecule has 0 spiro atoms. The Kier molecular flexibility index (Phi) is 5.05. The second kappa shape index (κ2) is 7.59. The summed E-state index contributed by atoms with van der Waals surface area (Å²) >= 11 is 3.39. The van der Waals surface area contributed by atoms with Gasteiger partial charge in [-0.1, -0.05) is 12.1 Å². The number of rotatable bonds is 5. The van der Waals surface area contributed by atoms with E-state index >= 15 is 0 Å². The van der Waals surface area contributed by atoms with Gasteiger partial charge in [0, 0.05) is 13.1 Å². The Morgan fingerprint density at radius 1 is 1.16 bits per heavy atom. The third-order valence-corrected chi connectivity index (χ3v) is 6.24. The van der Waals surface area contributed by atoms with Crippen molar-refractivity contribution in [3.05, 3.63) is 42.0 Å². The Labute approximate surface area is 155 Å². The molecular formula is C18H19N3O2S2. The lowest BCUT2D eigenvalue weighted by Crippen LogP contribution is -2.34. The summed E-state index contributed by atoms with van der Waals surface area (Å²) in [5, 5.41) is 2.03. The summed E-state index contributed by atoms with van der Waals surface area (Å²) in [4.78, 5) is 9.74. The minimum absolute atomic E-state index is 0.203. The second-order valence-corrected chi connectivity index (χ2v) is 7.86. The maximum Gasteiger partial charge on any atom is 0.235 e. The molecule has 0 aliphatic carbocycles. The van der Waals surface area contributed by atoms with E-state index in [2.05, 4.69) is 20.3 Å². The highest BCUT2D eigenvalue weighted by molar-refractivity contribution is 7.97. The number of hydrogen-bond donors (Lipinski definition) is 0. The molecule has 1 aliphatic rings.